The average molecular weight is 269 g/mol. The van der Waals surface area contributed by atoms with Gasteiger partial charge in [-0.1, -0.05) is 6.92 Å². The molecule has 1 heterocycles. The Hall–Kier alpha value is -0.940. The first-order chi connectivity index (χ1) is 8.27. The molecule has 1 aromatic heterocycles. The number of aromatic nitrogens is 1. The largest absolute Gasteiger partial charge is 0.344 e. The minimum Gasteiger partial charge on any atom is -0.344 e. The molecule has 4 nitrogen and oxygen atoms in total. The van der Waals surface area contributed by atoms with E-state index in [1.54, 1.807) is 11.3 Å². The summed E-state index contributed by atoms with van der Waals surface area (Å²) in [4.78, 5) is 17.8. The van der Waals surface area contributed by atoms with Gasteiger partial charge in [0.1, 0.15) is 5.01 Å². The van der Waals surface area contributed by atoms with Crippen LogP contribution in [-0.4, -0.2) is 24.5 Å². The highest BCUT2D eigenvalue weighted by molar-refractivity contribution is 7.11. The third-order valence-corrected chi connectivity index (χ3v) is 4.35. The van der Waals surface area contributed by atoms with Crippen molar-refractivity contribution >= 4 is 17.2 Å². The van der Waals surface area contributed by atoms with E-state index in [-0.39, 0.29) is 11.8 Å². The Morgan fingerprint density at radius 2 is 2.06 bits per heavy atom. The van der Waals surface area contributed by atoms with Crippen LogP contribution in [0.3, 0.4) is 0 Å². The number of thiazole rings is 1. The van der Waals surface area contributed by atoms with E-state index >= 15 is 0 Å². The molecule has 0 aliphatic carbocycles. The molecule has 0 aromatic carbocycles. The molecule has 0 radical (unpaired) electrons. The molecule has 0 saturated heterocycles. The topological polar surface area (TPSA) is 54.0 Å². The first kappa shape index (κ1) is 15.1. The lowest BCUT2D eigenvalue weighted by atomic mass is 10.0. The first-order valence-electron chi connectivity index (χ1n) is 6.19. The maximum Gasteiger partial charge on any atom is 0.224 e. The number of carbonyl (C=O) groups excluding carboxylic acids is 1. The van der Waals surface area contributed by atoms with Gasteiger partial charge in [-0.05, 0) is 34.7 Å². The molecule has 2 N–H and O–H groups in total. The van der Waals surface area contributed by atoms with Gasteiger partial charge in [0.15, 0.2) is 0 Å². The smallest absolute Gasteiger partial charge is 0.224 e. The van der Waals surface area contributed by atoms with Gasteiger partial charge in [0, 0.05) is 17.3 Å². The number of rotatable bonds is 5. The van der Waals surface area contributed by atoms with Gasteiger partial charge in [0.05, 0.1) is 11.2 Å². The lowest BCUT2D eigenvalue weighted by Gasteiger charge is -2.25. The van der Waals surface area contributed by atoms with E-state index in [0.717, 1.165) is 10.7 Å². The van der Waals surface area contributed by atoms with Gasteiger partial charge in [0.2, 0.25) is 5.91 Å². The summed E-state index contributed by atoms with van der Waals surface area (Å²) >= 11 is 1.65. The van der Waals surface area contributed by atoms with Gasteiger partial charge in [-0.3, -0.25) is 4.79 Å². The average Bonchev–Trinajstić information content (AvgIpc) is 2.60. The van der Waals surface area contributed by atoms with Crippen LogP contribution in [0.2, 0.25) is 0 Å². The number of carbonyl (C=O) groups is 1. The summed E-state index contributed by atoms with van der Waals surface area (Å²) in [5.41, 5.74) is 0.628. The molecule has 0 spiro atoms. The van der Waals surface area contributed by atoms with Crippen LogP contribution in [0, 0.1) is 19.8 Å². The van der Waals surface area contributed by atoms with Gasteiger partial charge in [0.25, 0.3) is 0 Å². The Morgan fingerprint density at radius 3 is 2.50 bits per heavy atom. The molecular weight excluding hydrogens is 246 g/mol. The van der Waals surface area contributed by atoms with Crippen molar-refractivity contribution in [2.45, 2.75) is 40.2 Å². The zero-order valence-corrected chi connectivity index (χ0v) is 12.9. The highest BCUT2D eigenvalue weighted by Crippen LogP contribution is 2.27. The fourth-order valence-electron chi connectivity index (χ4n) is 1.62. The van der Waals surface area contributed by atoms with Crippen molar-refractivity contribution in [1.82, 2.24) is 15.6 Å². The highest BCUT2D eigenvalue weighted by Gasteiger charge is 2.28. The zero-order valence-electron chi connectivity index (χ0n) is 12.0. The normalized spacial score (nSPS) is 13.4. The molecule has 102 valence electrons. The van der Waals surface area contributed by atoms with Crippen LogP contribution in [0.15, 0.2) is 0 Å². The molecule has 18 heavy (non-hydrogen) atoms. The highest BCUT2D eigenvalue weighted by atomic mass is 32.1. The number of hydrogen-bond donors (Lipinski definition) is 2. The van der Waals surface area contributed by atoms with Gasteiger partial charge < -0.3 is 10.6 Å². The lowest BCUT2D eigenvalue weighted by molar-refractivity contribution is -0.126. The Balaban J connectivity index is 2.78. The van der Waals surface area contributed by atoms with Crippen molar-refractivity contribution < 1.29 is 4.79 Å². The van der Waals surface area contributed by atoms with Gasteiger partial charge in [-0.25, -0.2) is 4.98 Å². The Morgan fingerprint density at radius 1 is 1.44 bits per heavy atom. The summed E-state index contributed by atoms with van der Waals surface area (Å²) < 4.78 is 0. The summed E-state index contributed by atoms with van der Waals surface area (Å²) in [5, 5.41) is 7.04. The van der Waals surface area contributed by atoms with E-state index in [4.69, 9.17) is 0 Å². The molecule has 1 unspecified atom stereocenters. The maximum absolute atomic E-state index is 12.0. The van der Waals surface area contributed by atoms with Crippen molar-refractivity contribution in [3.05, 3.63) is 15.6 Å². The number of aryl methyl sites for hydroxylation is 2. The van der Waals surface area contributed by atoms with E-state index < -0.39 is 5.54 Å². The van der Waals surface area contributed by atoms with Crippen LogP contribution >= 0.6 is 11.3 Å². The van der Waals surface area contributed by atoms with Gasteiger partial charge >= 0.3 is 0 Å². The van der Waals surface area contributed by atoms with Crippen molar-refractivity contribution in [3.63, 3.8) is 0 Å². The molecule has 0 aliphatic rings. The van der Waals surface area contributed by atoms with Crippen molar-refractivity contribution in [3.8, 4) is 0 Å². The minimum atomic E-state index is -0.414. The van der Waals surface area contributed by atoms with Gasteiger partial charge in [-0.15, -0.1) is 11.3 Å². The predicted molar refractivity (Wildman–Crippen MR) is 75.8 cm³/mol. The fraction of sp³-hybridized carbons (Fsp3) is 0.692. The maximum atomic E-state index is 12.0. The molecular formula is C13H23N3OS. The fourth-order valence-corrected chi connectivity index (χ4v) is 2.60. The molecule has 1 rings (SSSR count). The summed E-state index contributed by atoms with van der Waals surface area (Å²) in [6.07, 6.45) is 0. The molecule has 1 aromatic rings. The van der Waals surface area contributed by atoms with E-state index in [0.29, 0.717) is 6.54 Å². The number of hydrogen-bond acceptors (Lipinski definition) is 4. The Kier molecular flexibility index (Phi) is 4.87. The summed E-state index contributed by atoms with van der Waals surface area (Å²) in [5.74, 6) is 0.0105. The molecule has 0 saturated carbocycles. The monoisotopic (exact) mass is 269 g/mol. The van der Waals surface area contributed by atoms with E-state index in [1.165, 1.54) is 4.88 Å². The number of nitrogens with one attached hydrogen (secondary N) is 2. The van der Waals surface area contributed by atoms with Crippen LogP contribution in [0.5, 0.6) is 0 Å². The SMILES string of the molecule is CNCC(C)C(=O)NC(C)(C)c1nc(C)c(C)s1. The van der Waals surface area contributed by atoms with Gasteiger partial charge in [-0.2, -0.15) is 0 Å². The second-order valence-corrected chi connectivity index (χ2v) is 6.44. The summed E-state index contributed by atoms with van der Waals surface area (Å²) in [6, 6.07) is 0. The Bertz CT molecular complexity index is 406. The molecule has 0 fully saturated rings. The molecule has 0 bridgehead atoms. The van der Waals surface area contributed by atoms with E-state index in [1.807, 2.05) is 34.7 Å². The molecule has 1 amide bonds. The first-order valence-corrected chi connectivity index (χ1v) is 7.00. The van der Waals surface area contributed by atoms with Crippen molar-refractivity contribution in [1.29, 1.82) is 0 Å². The third kappa shape index (κ3) is 3.53. The second-order valence-electron chi connectivity index (χ2n) is 5.23. The lowest BCUT2D eigenvalue weighted by Crippen LogP contribution is -2.45. The van der Waals surface area contributed by atoms with Crippen LogP contribution in [0.4, 0.5) is 0 Å². The van der Waals surface area contributed by atoms with E-state index in [2.05, 4.69) is 22.5 Å². The summed E-state index contributed by atoms with van der Waals surface area (Å²) in [6.45, 7) is 10.6. The van der Waals surface area contributed by atoms with Crippen LogP contribution in [-0.2, 0) is 10.3 Å². The zero-order chi connectivity index (χ0) is 13.9. The Labute approximate surface area is 113 Å². The van der Waals surface area contributed by atoms with E-state index in [9.17, 15) is 4.79 Å². The molecule has 1 atom stereocenters. The standard InChI is InChI=1S/C13H23N3OS/c1-8(7-14-6)11(17)16-13(4,5)12-15-9(2)10(3)18-12/h8,14H,7H2,1-6H3,(H,16,17). The minimum absolute atomic E-state index is 0.0450. The number of nitrogens with zero attached hydrogens (tertiary/aromatic N) is 1. The quantitative estimate of drug-likeness (QED) is 0.859. The molecule has 0 aliphatic heterocycles. The second kappa shape index (κ2) is 5.80. The van der Waals surface area contributed by atoms with Crippen LogP contribution < -0.4 is 10.6 Å². The van der Waals surface area contributed by atoms with Crippen molar-refractivity contribution in [2.75, 3.05) is 13.6 Å². The van der Waals surface area contributed by atoms with Crippen molar-refractivity contribution in [2.24, 2.45) is 5.92 Å². The van der Waals surface area contributed by atoms with Crippen LogP contribution in [0.1, 0.15) is 36.3 Å². The number of amides is 1. The molecule has 5 heteroatoms. The summed E-state index contributed by atoms with van der Waals surface area (Å²) in [7, 11) is 1.85. The van der Waals surface area contributed by atoms with Crippen LogP contribution in [0.25, 0.3) is 0 Å². The third-order valence-electron chi connectivity index (χ3n) is 2.96. The predicted octanol–water partition coefficient (Wildman–Crippen LogP) is 1.97.